The molecule has 7 unspecified atom stereocenters. The van der Waals surface area contributed by atoms with E-state index in [2.05, 4.69) is 10.6 Å². The van der Waals surface area contributed by atoms with Crippen LogP contribution in [-0.2, 0) is 20.9 Å². The highest BCUT2D eigenvalue weighted by atomic mass is 19.2. The van der Waals surface area contributed by atoms with E-state index >= 15 is 8.78 Å². The first kappa shape index (κ1) is 24.1. The Labute approximate surface area is 171 Å². The molecule has 1 amide bonds. The SMILES string of the molecule is CC(=O)NC1C(C(O)C(O)CO)OC(F)(C(=O)O)C(C)(F)C1NCc1ccccc1. The lowest BCUT2D eigenvalue weighted by Gasteiger charge is -2.52. The number of aliphatic hydroxyl groups is 3. The third-order valence-electron chi connectivity index (χ3n) is 5.16. The highest BCUT2D eigenvalue weighted by molar-refractivity contribution is 5.78. The lowest BCUT2D eigenvalue weighted by Crippen LogP contribution is -2.78. The highest BCUT2D eigenvalue weighted by Gasteiger charge is 2.69. The van der Waals surface area contributed by atoms with Crippen molar-refractivity contribution in [2.45, 2.75) is 62.3 Å². The van der Waals surface area contributed by atoms with Crippen LogP contribution in [0.3, 0.4) is 0 Å². The van der Waals surface area contributed by atoms with E-state index in [1.165, 1.54) is 0 Å². The monoisotopic (exact) mass is 432 g/mol. The number of aliphatic carboxylic acids is 1. The number of hydrogen-bond donors (Lipinski definition) is 6. The van der Waals surface area contributed by atoms with Gasteiger partial charge in [-0.2, -0.15) is 4.39 Å². The molecule has 1 saturated heterocycles. The Morgan fingerprint density at radius 3 is 2.33 bits per heavy atom. The topological polar surface area (TPSA) is 148 Å². The molecule has 0 bridgehead atoms. The molecule has 1 aliphatic heterocycles. The van der Waals surface area contributed by atoms with E-state index in [9.17, 15) is 24.9 Å². The molecule has 0 aliphatic carbocycles. The summed E-state index contributed by atoms with van der Waals surface area (Å²) in [4.78, 5) is 23.3. The van der Waals surface area contributed by atoms with Crippen LogP contribution in [0.25, 0.3) is 0 Å². The Bertz CT molecular complexity index is 752. The second kappa shape index (κ2) is 9.31. The van der Waals surface area contributed by atoms with Gasteiger partial charge in [-0.3, -0.25) is 4.79 Å². The average Bonchev–Trinajstić information content (AvgIpc) is 2.69. The van der Waals surface area contributed by atoms with E-state index in [1.54, 1.807) is 30.3 Å². The van der Waals surface area contributed by atoms with Gasteiger partial charge in [-0.1, -0.05) is 30.3 Å². The van der Waals surface area contributed by atoms with Crippen molar-refractivity contribution in [3.63, 3.8) is 0 Å². The molecule has 0 aromatic heterocycles. The van der Waals surface area contributed by atoms with E-state index < -0.39 is 60.4 Å². The minimum atomic E-state index is -3.92. The number of carbonyl (C=O) groups is 2. The van der Waals surface area contributed by atoms with Gasteiger partial charge in [0.2, 0.25) is 5.91 Å². The summed E-state index contributed by atoms with van der Waals surface area (Å²) < 4.78 is 35.8. The van der Waals surface area contributed by atoms with Crippen LogP contribution in [0.1, 0.15) is 19.4 Å². The number of aliphatic hydroxyl groups excluding tert-OH is 3. The maximum Gasteiger partial charge on any atom is 0.373 e. The Morgan fingerprint density at radius 2 is 1.83 bits per heavy atom. The van der Waals surface area contributed by atoms with Gasteiger partial charge >= 0.3 is 11.8 Å². The fourth-order valence-electron chi connectivity index (χ4n) is 3.51. The summed E-state index contributed by atoms with van der Waals surface area (Å²) in [5.74, 6) is -6.89. The van der Waals surface area contributed by atoms with Crippen LogP contribution < -0.4 is 10.6 Å². The standard InChI is InChI=1S/C19H26F2N2O7/c1-10(25)23-13-15(14(27)12(26)9-24)30-19(21,17(28)29)18(2,20)16(13)22-8-11-6-4-3-5-7-11/h3-7,12-16,22,24,26-27H,8-9H2,1-2H3,(H,23,25)(H,28,29). The Hall–Kier alpha value is -2.18. The van der Waals surface area contributed by atoms with E-state index in [0.717, 1.165) is 6.92 Å². The first-order valence-electron chi connectivity index (χ1n) is 9.26. The fraction of sp³-hybridized carbons (Fsp3) is 0.579. The summed E-state index contributed by atoms with van der Waals surface area (Å²) in [6, 6.07) is 5.37. The van der Waals surface area contributed by atoms with Gasteiger partial charge in [-0.05, 0) is 12.5 Å². The molecule has 0 radical (unpaired) electrons. The molecule has 1 fully saturated rings. The van der Waals surface area contributed by atoms with Gasteiger partial charge in [0.1, 0.15) is 18.3 Å². The summed E-state index contributed by atoms with van der Waals surface area (Å²) in [5, 5.41) is 43.6. The molecule has 2 rings (SSSR count). The molecule has 1 heterocycles. The lowest BCUT2D eigenvalue weighted by molar-refractivity contribution is -0.304. The van der Waals surface area contributed by atoms with E-state index in [4.69, 9.17) is 9.84 Å². The summed E-state index contributed by atoms with van der Waals surface area (Å²) in [6.45, 7) is 0.769. The molecule has 0 spiro atoms. The number of nitrogens with one attached hydrogen (secondary N) is 2. The Morgan fingerprint density at radius 1 is 1.23 bits per heavy atom. The number of carboxylic acids is 1. The number of halogens is 2. The van der Waals surface area contributed by atoms with Crippen LogP contribution in [0.5, 0.6) is 0 Å². The van der Waals surface area contributed by atoms with Crippen LogP contribution in [-0.4, -0.2) is 80.8 Å². The van der Waals surface area contributed by atoms with Crippen LogP contribution in [0.15, 0.2) is 30.3 Å². The highest BCUT2D eigenvalue weighted by Crippen LogP contribution is 2.43. The molecule has 1 aromatic carbocycles. The Balaban J connectivity index is 2.50. The molecule has 6 N–H and O–H groups in total. The average molecular weight is 432 g/mol. The van der Waals surface area contributed by atoms with Crippen molar-refractivity contribution in [2.24, 2.45) is 0 Å². The van der Waals surface area contributed by atoms with Crippen LogP contribution in [0.4, 0.5) is 8.78 Å². The van der Waals surface area contributed by atoms with E-state index in [1.807, 2.05) is 0 Å². The predicted octanol–water partition coefficient (Wildman–Crippen LogP) is -0.759. The zero-order valence-electron chi connectivity index (χ0n) is 16.5. The van der Waals surface area contributed by atoms with Crippen molar-refractivity contribution in [2.75, 3.05) is 6.61 Å². The normalized spacial score (nSPS) is 33.5. The molecule has 9 nitrogen and oxygen atoms in total. The number of hydrogen-bond acceptors (Lipinski definition) is 7. The molecule has 11 heteroatoms. The molecule has 30 heavy (non-hydrogen) atoms. The van der Waals surface area contributed by atoms with Gasteiger partial charge < -0.3 is 35.8 Å². The molecular weight excluding hydrogens is 406 g/mol. The number of carbonyl (C=O) groups excluding carboxylic acids is 1. The predicted molar refractivity (Wildman–Crippen MR) is 99.6 cm³/mol. The smallest absolute Gasteiger partial charge is 0.373 e. The van der Waals surface area contributed by atoms with Crippen LogP contribution in [0.2, 0.25) is 0 Å². The zero-order valence-corrected chi connectivity index (χ0v) is 16.5. The number of carboxylic acid groups (broad SMARTS) is 1. The van der Waals surface area contributed by atoms with Gasteiger partial charge in [-0.25, -0.2) is 9.18 Å². The number of rotatable bonds is 8. The van der Waals surface area contributed by atoms with Gasteiger partial charge in [0, 0.05) is 13.5 Å². The molecule has 7 atom stereocenters. The first-order valence-corrected chi connectivity index (χ1v) is 9.26. The number of ether oxygens (including phenoxy) is 1. The zero-order chi connectivity index (χ0) is 22.7. The van der Waals surface area contributed by atoms with Gasteiger partial charge in [0.15, 0.2) is 5.67 Å². The minimum absolute atomic E-state index is 0.0256. The second-order valence-corrected chi connectivity index (χ2v) is 7.37. The number of alkyl halides is 2. The molecule has 1 aromatic rings. The third kappa shape index (κ3) is 4.60. The minimum Gasteiger partial charge on any atom is -0.477 e. The summed E-state index contributed by atoms with van der Waals surface area (Å²) in [6.07, 6.45) is -5.78. The molecule has 0 saturated carbocycles. The second-order valence-electron chi connectivity index (χ2n) is 7.37. The van der Waals surface area contributed by atoms with Crippen molar-refractivity contribution in [1.82, 2.24) is 10.6 Å². The lowest BCUT2D eigenvalue weighted by atomic mass is 9.77. The quantitative estimate of drug-likeness (QED) is 0.314. The molecule has 1 aliphatic rings. The fourth-order valence-corrected chi connectivity index (χ4v) is 3.51. The molecular formula is C19H26F2N2O7. The maximum absolute atomic E-state index is 15.7. The maximum atomic E-state index is 15.7. The van der Waals surface area contributed by atoms with Crippen molar-refractivity contribution in [3.05, 3.63) is 35.9 Å². The number of amides is 1. The van der Waals surface area contributed by atoms with Crippen molar-refractivity contribution < 1.29 is 43.5 Å². The van der Waals surface area contributed by atoms with E-state index in [-0.39, 0.29) is 6.54 Å². The molecule has 168 valence electrons. The van der Waals surface area contributed by atoms with Crippen molar-refractivity contribution in [1.29, 1.82) is 0 Å². The van der Waals surface area contributed by atoms with Crippen molar-refractivity contribution in [3.8, 4) is 0 Å². The van der Waals surface area contributed by atoms with E-state index in [0.29, 0.717) is 12.5 Å². The third-order valence-corrected chi connectivity index (χ3v) is 5.16. The first-order chi connectivity index (χ1) is 14.0. The largest absolute Gasteiger partial charge is 0.477 e. The Kier molecular flexibility index (Phi) is 7.48. The van der Waals surface area contributed by atoms with Crippen LogP contribution >= 0.6 is 0 Å². The van der Waals surface area contributed by atoms with Crippen molar-refractivity contribution >= 4 is 11.9 Å². The number of benzene rings is 1. The van der Waals surface area contributed by atoms with Crippen LogP contribution in [0, 0.1) is 0 Å². The summed E-state index contributed by atoms with van der Waals surface area (Å²) in [5.41, 5.74) is -2.55. The van der Waals surface area contributed by atoms with Gasteiger partial charge in [0.05, 0.1) is 18.7 Å². The van der Waals surface area contributed by atoms with Gasteiger partial charge in [-0.15, -0.1) is 0 Å². The summed E-state index contributed by atoms with van der Waals surface area (Å²) in [7, 11) is 0. The van der Waals surface area contributed by atoms with Gasteiger partial charge in [0.25, 0.3) is 0 Å². The summed E-state index contributed by atoms with van der Waals surface area (Å²) >= 11 is 0.